The molecule has 1 aliphatic rings. The van der Waals surface area contributed by atoms with E-state index >= 15 is 0 Å². The fraction of sp³-hybridized carbons (Fsp3) is 0.235. The van der Waals surface area contributed by atoms with E-state index in [2.05, 4.69) is 9.72 Å². The summed E-state index contributed by atoms with van der Waals surface area (Å²) in [6, 6.07) is 8.31. The first-order chi connectivity index (χ1) is 11.0. The van der Waals surface area contributed by atoms with E-state index in [0.29, 0.717) is 22.6 Å². The zero-order valence-electron chi connectivity index (χ0n) is 12.7. The lowest BCUT2D eigenvalue weighted by molar-refractivity contribution is -0.135. The van der Waals surface area contributed by atoms with Crippen molar-refractivity contribution in [3.63, 3.8) is 0 Å². The molecule has 6 nitrogen and oxygen atoms in total. The number of aromatic amines is 1. The molecule has 1 aromatic carbocycles. The molecule has 1 aromatic heterocycles. The van der Waals surface area contributed by atoms with Crippen molar-refractivity contribution in [2.75, 3.05) is 7.11 Å². The number of H-pyrrole nitrogens is 1. The number of rotatable bonds is 2. The van der Waals surface area contributed by atoms with Gasteiger partial charge in [0.05, 0.1) is 24.7 Å². The second-order valence-corrected chi connectivity index (χ2v) is 5.40. The molecule has 0 spiro atoms. The van der Waals surface area contributed by atoms with Crippen LogP contribution < -0.4 is 10.3 Å². The molecular weight excluding hydrogens is 298 g/mol. The van der Waals surface area contributed by atoms with E-state index in [1.165, 1.54) is 7.11 Å². The quantitative estimate of drug-likeness (QED) is 0.856. The number of pyridine rings is 1. The lowest BCUT2D eigenvalue weighted by Crippen LogP contribution is -2.28. The minimum atomic E-state index is -0.437. The number of benzene rings is 1. The molecule has 0 fully saturated rings. The molecule has 118 valence electrons. The normalized spacial score (nSPS) is 16.4. The highest BCUT2D eigenvalue weighted by molar-refractivity contribution is 5.89. The number of esters is 2. The topological polar surface area (TPSA) is 85.5 Å². The molecule has 0 saturated heterocycles. The van der Waals surface area contributed by atoms with Crippen LogP contribution in [-0.2, 0) is 9.53 Å². The zero-order valence-corrected chi connectivity index (χ0v) is 12.7. The van der Waals surface area contributed by atoms with Gasteiger partial charge in [-0.25, -0.2) is 4.79 Å². The average Bonchev–Trinajstić information content (AvgIpc) is 2.52. The van der Waals surface area contributed by atoms with Crippen LogP contribution in [0.25, 0.3) is 0 Å². The van der Waals surface area contributed by atoms with Crippen molar-refractivity contribution in [2.45, 2.75) is 19.3 Å². The predicted octanol–water partition coefficient (Wildman–Crippen LogP) is 1.91. The summed E-state index contributed by atoms with van der Waals surface area (Å²) in [6.07, 6.45) is 0.0801. The minimum absolute atomic E-state index is 0.0801. The van der Waals surface area contributed by atoms with Gasteiger partial charge in [0.1, 0.15) is 5.75 Å². The van der Waals surface area contributed by atoms with Gasteiger partial charge in [-0.2, -0.15) is 0 Å². The van der Waals surface area contributed by atoms with Gasteiger partial charge in [0.2, 0.25) is 0 Å². The van der Waals surface area contributed by atoms with E-state index < -0.39 is 11.9 Å². The van der Waals surface area contributed by atoms with E-state index in [4.69, 9.17) is 4.74 Å². The highest BCUT2D eigenvalue weighted by Gasteiger charge is 2.31. The molecule has 0 amide bonds. The van der Waals surface area contributed by atoms with Crippen LogP contribution in [0, 0.1) is 6.92 Å². The van der Waals surface area contributed by atoms with Gasteiger partial charge >= 0.3 is 11.9 Å². The summed E-state index contributed by atoms with van der Waals surface area (Å²) < 4.78 is 9.85. The Morgan fingerprint density at radius 2 is 1.96 bits per heavy atom. The molecular formula is C17H15NO5. The maximum Gasteiger partial charge on any atom is 0.337 e. The molecule has 0 saturated carbocycles. The summed E-state index contributed by atoms with van der Waals surface area (Å²) in [5, 5.41) is 0. The molecule has 1 aliphatic heterocycles. The number of ether oxygens (including phenoxy) is 2. The third-order valence-corrected chi connectivity index (χ3v) is 3.85. The Hall–Kier alpha value is -2.89. The Morgan fingerprint density at radius 3 is 2.61 bits per heavy atom. The summed E-state index contributed by atoms with van der Waals surface area (Å²) >= 11 is 0. The van der Waals surface area contributed by atoms with Gasteiger partial charge in [0, 0.05) is 17.7 Å². The second-order valence-electron chi connectivity index (χ2n) is 5.40. The van der Waals surface area contributed by atoms with E-state index in [9.17, 15) is 14.4 Å². The van der Waals surface area contributed by atoms with Gasteiger partial charge in [-0.05, 0) is 24.6 Å². The maximum absolute atomic E-state index is 12.3. The van der Waals surface area contributed by atoms with Crippen LogP contribution in [0.4, 0.5) is 0 Å². The van der Waals surface area contributed by atoms with Crippen molar-refractivity contribution in [1.29, 1.82) is 0 Å². The van der Waals surface area contributed by atoms with Crippen LogP contribution in [0.3, 0.4) is 0 Å². The summed E-state index contributed by atoms with van der Waals surface area (Å²) in [7, 11) is 1.31. The van der Waals surface area contributed by atoms with Gasteiger partial charge in [0.25, 0.3) is 5.56 Å². The van der Waals surface area contributed by atoms with E-state index in [0.717, 1.165) is 5.56 Å². The Labute approximate surface area is 132 Å². The Balaban J connectivity index is 2.06. The molecule has 0 aliphatic carbocycles. The largest absolute Gasteiger partial charge is 0.465 e. The predicted molar refractivity (Wildman–Crippen MR) is 81.7 cm³/mol. The molecule has 1 N–H and O–H groups in total. The van der Waals surface area contributed by atoms with Crippen LogP contribution in [0.1, 0.15) is 39.5 Å². The average molecular weight is 313 g/mol. The van der Waals surface area contributed by atoms with Crippen LogP contribution in [0.2, 0.25) is 0 Å². The van der Waals surface area contributed by atoms with Crippen LogP contribution in [0.5, 0.6) is 5.75 Å². The molecule has 0 bridgehead atoms. The Morgan fingerprint density at radius 1 is 1.26 bits per heavy atom. The number of aromatic nitrogens is 1. The second kappa shape index (κ2) is 5.72. The standard InChI is InChI=1S/C17H15NO5/c1-9-7-13-15(16(20)18-9)12(8-14(19)23-13)10-3-5-11(6-4-10)17(21)22-2/h3-7,12H,8H2,1-2H3,(H,18,20)/t12-/m1/s1. The van der Waals surface area contributed by atoms with Gasteiger partial charge < -0.3 is 14.5 Å². The van der Waals surface area contributed by atoms with Gasteiger partial charge in [-0.1, -0.05) is 12.1 Å². The van der Waals surface area contributed by atoms with E-state index in [1.807, 2.05) is 0 Å². The molecule has 1 atom stereocenters. The van der Waals surface area contributed by atoms with E-state index in [1.54, 1.807) is 37.3 Å². The summed E-state index contributed by atoms with van der Waals surface area (Å²) in [6.45, 7) is 1.73. The molecule has 0 unspecified atom stereocenters. The monoisotopic (exact) mass is 313 g/mol. The molecule has 3 rings (SSSR count). The van der Waals surface area contributed by atoms with Crippen LogP contribution >= 0.6 is 0 Å². The minimum Gasteiger partial charge on any atom is -0.465 e. The summed E-state index contributed by atoms with van der Waals surface area (Å²) in [5.74, 6) is -0.926. The number of aryl methyl sites for hydroxylation is 1. The smallest absolute Gasteiger partial charge is 0.337 e. The van der Waals surface area contributed by atoms with Crippen LogP contribution in [0.15, 0.2) is 35.1 Å². The van der Waals surface area contributed by atoms with E-state index in [-0.39, 0.29) is 17.9 Å². The Kier molecular flexibility index (Phi) is 3.73. The Bertz CT molecular complexity index is 835. The number of carbonyl (C=O) groups is 2. The summed E-state index contributed by atoms with van der Waals surface area (Å²) in [4.78, 5) is 38.3. The molecule has 2 heterocycles. The summed E-state index contributed by atoms with van der Waals surface area (Å²) in [5.41, 5.74) is 1.97. The SMILES string of the molecule is COC(=O)c1ccc([C@H]2CC(=O)Oc3cc(C)[nH]c(=O)c32)cc1. The lowest BCUT2D eigenvalue weighted by Gasteiger charge is -2.24. The molecule has 23 heavy (non-hydrogen) atoms. The highest BCUT2D eigenvalue weighted by atomic mass is 16.5. The molecule has 2 aromatic rings. The van der Waals surface area contributed by atoms with Gasteiger partial charge in [-0.3, -0.25) is 9.59 Å². The van der Waals surface area contributed by atoms with Gasteiger partial charge in [0.15, 0.2) is 0 Å². The molecule has 0 radical (unpaired) electrons. The number of nitrogens with one attached hydrogen (secondary N) is 1. The number of fused-ring (bicyclic) bond motifs is 1. The van der Waals surface area contributed by atoms with Crippen molar-refractivity contribution in [2.24, 2.45) is 0 Å². The van der Waals surface area contributed by atoms with Crippen molar-refractivity contribution in [1.82, 2.24) is 4.98 Å². The first-order valence-electron chi connectivity index (χ1n) is 7.12. The fourth-order valence-corrected chi connectivity index (χ4v) is 2.77. The molecule has 6 heteroatoms. The zero-order chi connectivity index (χ0) is 16.6. The number of carbonyl (C=O) groups excluding carboxylic acids is 2. The number of hydrogen-bond donors (Lipinski definition) is 1. The van der Waals surface area contributed by atoms with Crippen LogP contribution in [-0.4, -0.2) is 24.0 Å². The van der Waals surface area contributed by atoms with Gasteiger partial charge in [-0.15, -0.1) is 0 Å². The van der Waals surface area contributed by atoms with Crippen molar-refractivity contribution in [3.05, 3.63) is 63.1 Å². The van der Waals surface area contributed by atoms with Crippen molar-refractivity contribution < 1.29 is 19.1 Å². The van der Waals surface area contributed by atoms with Crippen molar-refractivity contribution >= 4 is 11.9 Å². The first kappa shape index (κ1) is 15.0. The third kappa shape index (κ3) is 2.75. The lowest BCUT2D eigenvalue weighted by atomic mass is 9.86. The number of hydrogen-bond acceptors (Lipinski definition) is 5. The number of methoxy groups -OCH3 is 1. The fourth-order valence-electron chi connectivity index (χ4n) is 2.77. The third-order valence-electron chi connectivity index (χ3n) is 3.85. The maximum atomic E-state index is 12.3. The van der Waals surface area contributed by atoms with Crippen molar-refractivity contribution in [3.8, 4) is 5.75 Å². The highest BCUT2D eigenvalue weighted by Crippen LogP contribution is 2.36. The first-order valence-corrected chi connectivity index (χ1v) is 7.12.